The van der Waals surface area contributed by atoms with Crippen molar-refractivity contribution in [2.75, 3.05) is 12.4 Å². The number of carbonyl (C=O) groups excluding carboxylic acids is 1. The monoisotopic (exact) mass is 370 g/mol. The van der Waals surface area contributed by atoms with Crippen molar-refractivity contribution in [2.45, 2.75) is 4.21 Å². The van der Waals surface area contributed by atoms with Crippen LogP contribution in [0.15, 0.2) is 45.8 Å². The summed E-state index contributed by atoms with van der Waals surface area (Å²) < 4.78 is 25.2. The summed E-state index contributed by atoms with van der Waals surface area (Å²) in [5.41, 5.74) is 0.431. The normalized spacial score (nSPS) is 16.2. The maximum absolute atomic E-state index is 12.5. The smallest absolute Gasteiger partial charge is 0.276 e. The summed E-state index contributed by atoms with van der Waals surface area (Å²) in [7, 11) is -2.65. The number of amides is 1. The van der Waals surface area contributed by atoms with E-state index >= 15 is 0 Å². The Morgan fingerprint density at radius 3 is 2.70 bits per heavy atom. The lowest BCUT2D eigenvalue weighted by molar-refractivity contribution is -0.111. The second-order valence-electron chi connectivity index (χ2n) is 4.73. The van der Waals surface area contributed by atoms with Gasteiger partial charge in [-0.1, -0.05) is 23.7 Å². The summed E-state index contributed by atoms with van der Waals surface area (Å²) >= 11 is 6.99. The third kappa shape index (κ3) is 2.48. The second kappa shape index (κ2) is 5.55. The van der Waals surface area contributed by atoms with E-state index in [9.17, 15) is 18.3 Å². The Morgan fingerprint density at radius 2 is 2.00 bits per heavy atom. The molecule has 1 aromatic heterocycles. The summed E-state index contributed by atoms with van der Waals surface area (Å²) in [6.07, 6.45) is 0. The number of thiophene rings is 1. The van der Waals surface area contributed by atoms with Gasteiger partial charge < -0.3 is 10.4 Å². The number of sulfonamides is 1. The molecular weight excluding hydrogens is 360 g/mol. The fourth-order valence-electron chi connectivity index (χ4n) is 2.17. The number of halogens is 1. The van der Waals surface area contributed by atoms with Crippen molar-refractivity contribution in [3.63, 3.8) is 0 Å². The summed E-state index contributed by atoms with van der Waals surface area (Å²) in [5, 5.41) is 14.7. The molecule has 1 aliphatic heterocycles. The van der Waals surface area contributed by atoms with Crippen molar-refractivity contribution in [3.05, 3.63) is 52.2 Å². The number of rotatable bonds is 2. The van der Waals surface area contributed by atoms with Crippen LogP contribution in [0, 0.1) is 0 Å². The van der Waals surface area contributed by atoms with Gasteiger partial charge in [0, 0.05) is 12.6 Å². The molecule has 0 atom stereocenters. The Morgan fingerprint density at radius 1 is 1.30 bits per heavy atom. The van der Waals surface area contributed by atoms with E-state index in [2.05, 4.69) is 5.32 Å². The zero-order valence-electron chi connectivity index (χ0n) is 11.8. The van der Waals surface area contributed by atoms with Crippen LogP contribution in [0.5, 0.6) is 0 Å². The number of hydrogen-bond donors (Lipinski definition) is 2. The molecular formula is C14H11ClN2O4S2. The van der Waals surface area contributed by atoms with Crippen LogP contribution in [0.2, 0.25) is 5.02 Å². The zero-order chi connectivity index (χ0) is 16.8. The lowest BCUT2D eigenvalue weighted by atomic mass is 10.1. The van der Waals surface area contributed by atoms with Gasteiger partial charge in [-0.2, -0.15) is 0 Å². The van der Waals surface area contributed by atoms with Crippen LogP contribution in [0.4, 0.5) is 5.69 Å². The molecule has 1 aliphatic rings. The molecule has 120 valence electrons. The molecule has 23 heavy (non-hydrogen) atoms. The minimum Gasteiger partial charge on any atom is -0.493 e. The van der Waals surface area contributed by atoms with E-state index in [1.54, 1.807) is 29.6 Å². The Kier molecular flexibility index (Phi) is 3.83. The highest BCUT2D eigenvalue weighted by atomic mass is 35.5. The molecule has 9 heteroatoms. The molecule has 0 fully saturated rings. The van der Waals surface area contributed by atoms with E-state index in [4.69, 9.17) is 11.6 Å². The van der Waals surface area contributed by atoms with Gasteiger partial charge in [-0.25, -0.2) is 12.7 Å². The SMILES string of the molecule is CN1C(O)=C(C(=O)Nc2ccccc2Cl)c2ccsc2S1(=O)=O. The van der Waals surface area contributed by atoms with Crippen LogP contribution < -0.4 is 5.32 Å². The van der Waals surface area contributed by atoms with E-state index < -0.39 is 21.8 Å². The van der Waals surface area contributed by atoms with Crippen LogP contribution in [0.1, 0.15) is 5.56 Å². The van der Waals surface area contributed by atoms with E-state index in [-0.39, 0.29) is 15.3 Å². The van der Waals surface area contributed by atoms with Crippen molar-refractivity contribution in [1.82, 2.24) is 4.31 Å². The minimum atomic E-state index is -3.84. The Balaban J connectivity index is 2.07. The van der Waals surface area contributed by atoms with Gasteiger partial charge in [0.1, 0.15) is 9.78 Å². The molecule has 2 heterocycles. The Hall–Kier alpha value is -2.03. The molecule has 0 unspecified atom stereocenters. The zero-order valence-corrected chi connectivity index (χ0v) is 14.2. The van der Waals surface area contributed by atoms with Crippen LogP contribution in [-0.4, -0.2) is 30.8 Å². The van der Waals surface area contributed by atoms with Gasteiger partial charge in [0.2, 0.25) is 5.88 Å². The van der Waals surface area contributed by atoms with Crippen LogP contribution in [0.25, 0.3) is 5.57 Å². The first-order chi connectivity index (χ1) is 10.8. The first-order valence-corrected chi connectivity index (χ1v) is 9.09. The first kappa shape index (κ1) is 15.9. The average Bonchev–Trinajstić information content (AvgIpc) is 2.98. The maximum Gasteiger partial charge on any atom is 0.276 e. The van der Waals surface area contributed by atoms with Gasteiger partial charge >= 0.3 is 0 Å². The molecule has 2 aromatic rings. The average molecular weight is 371 g/mol. The van der Waals surface area contributed by atoms with Gasteiger partial charge in [0.25, 0.3) is 15.9 Å². The number of anilines is 1. The third-order valence-electron chi connectivity index (χ3n) is 3.36. The highest BCUT2D eigenvalue weighted by Crippen LogP contribution is 2.39. The largest absolute Gasteiger partial charge is 0.493 e. The molecule has 2 N–H and O–H groups in total. The van der Waals surface area contributed by atoms with Crippen molar-refractivity contribution in [1.29, 1.82) is 0 Å². The van der Waals surface area contributed by atoms with Gasteiger partial charge in [-0.3, -0.25) is 4.79 Å². The van der Waals surface area contributed by atoms with Gasteiger partial charge in [-0.15, -0.1) is 11.3 Å². The molecule has 0 aliphatic carbocycles. The maximum atomic E-state index is 12.5. The molecule has 1 amide bonds. The fourth-order valence-corrected chi connectivity index (χ4v) is 4.98. The van der Waals surface area contributed by atoms with Crippen LogP contribution in [0.3, 0.4) is 0 Å². The van der Waals surface area contributed by atoms with Crippen LogP contribution in [-0.2, 0) is 14.8 Å². The minimum absolute atomic E-state index is 0.0158. The molecule has 1 aromatic carbocycles. The second-order valence-corrected chi connectivity index (χ2v) is 8.21. The highest BCUT2D eigenvalue weighted by Gasteiger charge is 2.38. The Labute approximate surface area is 141 Å². The van der Waals surface area contributed by atoms with E-state index in [1.807, 2.05) is 0 Å². The number of aliphatic hydroxyl groups excluding tert-OH is 1. The van der Waals surface area contributed by atoms with Gasteiger partial charge in [-0.05, 0) is 23.6 Å². The van der Waals surface area contributed by atoms with Gasteiger partial charge in [0.05, 0.1) is 10.7 Å². The lowest BCUT2D eigenvalue weighted by Gasteiger charge is -2.25. The topological polar surface area (TPSA) is 86.7 Å². The van der Waals surface area contributed by atoms with Crippen molar-refractivity contribution < 1.29 is 18.3 Å². The summed E-state index contributed by atoms with van der Waals surface area (Å²) in [5.74, 6) is -1.27. The fraction of sp³-hybridized carbons (Fsp3) is 0.0714. The van der Waals surface area contributed by atoms with Crippen molar-refractivity contribution in [2.24, 2.45) is 0 Å². The lowest BCUT2D eigenvalue weighted by Crippen LogP contribution is -2.33. The molecule has 0 saturated carbocycles. The van der Waals surface area contributed by atoms with E-state index in [0.717, 1.165) is 11.3 Å². The number of hydrogen-bond acceptors (Lipinski definition) is 5. The van der Waals surface area contributed by atoms with Gasteiger partial charge in [0.15, 0.2) is 0 Å². The van der Waals surface area contributed by atoms with Crippen molar-refractivity contribution >= 4 is 50.1 Å². The van der Waals surface area contributed by atoms with E-state index in [1.165, 1.54) is 13.1 Å². The predicted molar refractivity (Wildman–Crippen MR) is 88.9 cm³/mol. The van der Waals surface area contributed by atoms with E-state index in [0.29, 0.717) is 15.0 Å². The number of carbonyl (C=O) groups is 1. The quantitative estimate of drug-likeness (QED) is 0.850. The number of benzene rings is 1. The summed E-state index contributed by atoms with van der Waals surface area (Å²) in [6, 6.07) is 8.12. The molecule has 0 radical (unpaired) electrons. The molecule has 0 saturated heterocycles. The number of para-hydroxylation sites is 1. The third-order valence-corrected chi connectivity index (χ3v) is 6.90. The summed E-state index contributed by atoms with van der Waals surface area (Å²) in [6.45, 7) is 0. The summed E-state index contributed by atoms with van der Waals surface area (Å²) in [4.78, 5) is 12.5. The number of nitrogens with zero attached hydrogens (tertiary/aromatic N) is 1. The number of fused-ring (bicyclic) bond motifs is 1. The molecule has 0 spiro atoms. The Bertz CT molecular complexity index is 934. The standard InChI is InChI=1S/C14H11ClN2O4S2/c1-17-13(19)11(8-6-7-22-14(8)23(17,20)21)12(18)16-10-5-3-2-4-9(10)15/h2-7,19H,1H3,(H,16,18). The molecule has 0 bridgehead atoms. The first-order valence-electron chi connectivity index (χ1n) is 6.40. The number of aliphatic hydroxyl groups is 1. The molecule has 6 nitrogen and oxygen atoms in total. The predicted octanol–water partition coefficient (Wildman–Crippen LogP) is 2.90. The highest BCUT2D eigenvalue weighted by molar-refractivity contribution is 7.91. The number of nitrogens with one attached hydrogen (secondary N) is 1. The van der Waals surface area contributed by atoms with Crippen molar-refractivity contribution in [3.8, 4) is 0 Å². The molecule has 3 rings (SSSR count). The van der Waals surface area contributed by atoms with Crippen LogP contribution >= 0.6 is 22.9 Å².